The molecule has 0 N–H and O–H groups in total. The standard InChI is InChI=1S/C23H23ClN4O2/c1-29-13-11-28(12-14-30-2)23-19-6-4-3-5-18(19)22-21(25-23)15-20(26-27-22)16-7-9-17(24)10-8-16/h3-10,15H,11-14H2,1-2H3. The highest BCUT2D eigenvalue weighted by molar-refractivity contribution is 6.30. The van der Waals surface area contributed by atoms with Crippen molar-refractivity contribution in [3.63, 3.8) is 0 Å². The van der Waals surface area contributed by atoms with E-state index in [9.17, 15) is 0 Å². The van der Waals surface area contributed by atoms with Gasteiger partial charge >= 0.3 is 0 Å². The van der Waals surface area contributed by atoms with Gasteiger partial charge in [0.2, 0.25) is 0 Å². The summed E-state index contributed by atoms with van der Waals surface area (Å²) >= 11 is 6.02. The summed E-state index contributed by atoms with van der Waals surface area (Å²) in [6.45, 7) is 2.63. The van der Waals surface area contributed by atoms with Gasteiger partial charge in [0.05, 0.1) is 24.4 Å². The van der Waals surface area contributed by atoms with Crippen molar-refractivity contribution in [2.45, 2.75) is 0 Å². The molecule has 4 rings (SSSR count). The molecule has 7 heteroatoms. The molecule has 0 fully saturated rings. The fourth-order valence-corrected chi connectivity index (χ4v) is 3.57. The van der Waals surface area contributed by atoms with E-state index in [4.69, 9.17) is 26.1 Å². The third-order valence-corrected chi connectivity index (χ3v) is 5.25. The summed E-state index contributed by atoms with van der Waals surface area (Å²) in [5.41, 5.74) is 3.28. The number of hydrogen-bond acceptors (Lipinski definition) is 6. The Kier molecular flexibility index (Phi) is 6.38. The third kappa shape index (κ3) is 4.21. The molecule has 0 saturated heterocycles. The molecule has 0 radical (unpaired) electrons. The molecule has 2 heterocycles. The second kappa shape index (κ2) is 9.34. The van der Waals surface area contributed by atoms with Crippen molar-refractivity contribution in [1.29, 1.82) is 0 Å². The van der Waals surface area contributed by atoms with Crippen LogP contribution in [0.4, 0.5) is 5.82 Å². The van der Waals surface area contributed by atoms with Crippen molar-refractivity contribution in [2.75, 3.05) is 45.4 Å². The highest BCUT2D eigenvalue weighted by atomic mass is 35.5. The Hall–Kier alpha value is -2.80. The molecule has 0 saturated carbocycles. The molecule has 4 aromatic rings. The summed E-state index contributed by atoms with van der Waals surface area (Å²) in [4.78, 5) is 7.19. The lowest BCUT2D eigenvalue weighted by molar-refractivity contribution is 0.190. The minimum atomic E-state index is 0.600. The van der Waals surface area contributed by atoms with Crippen LogP contribution in [0.3, 0.4) is 0 Å². The summed E-state index contributed by atoms with van der Waals surface area (Å²) in [6, 6.07) is 17.7. The number of benzene rings is 2. The van der Waals surface area contributed by atoms with E-state index in [1.165, 1.54) is 0 Å². The maximum atomic E-state index is 6.02. The van der Waals surface area contributed by atoms with Crippen LogP contribution in [0.1, 0.15) is 0 Å². The summed E-state index contributed by atoms with van der Waals surface area (Å²) in [6.07, 6.45) is 0. The normalized spacial score (nSPS) is 11.3. The van der Waals surface area contributed by atoms with Crippen LogP contribution in [0.5, 0.6) is 0 Å². The quantitative estimate of drug-likeness (QED) is 0.387. The van der Waals surface area contributed by atoms with Gasteiger partial charge in [-0.15, -0.1) is 10.2 Å². The van der Waals surface area contributed by atoms with Crippen LogP contribution in [-0.2, 0) is 9.47 Å². The van der Waals surface area contributed by atoms with E-state index in [1.807, 2.05) is 42.5 Å². The largest absolute Gasteiger partial charge is 0.383 e. The monoisotopic (exact) mass is 422 g/mol. The molecule has 0 unspecified atom stereocenters. The Bertz CT molecular complexity index is 1140. The van der Waals surface area contributed by atoms with Gasteiger partial charge < -0.3 is 14.4 Å². The fraction of sp³-hybridized carbons (Fsp3) is 0.261. The van der Waals surface area contributed by atoms with Gasteiger partial charge in [-0.3, -0.25) is 0 Å². The zero-order chi connectivity index (χ0) is 20.9. The Morgan fingerprint density at radius 1 is 0.867 bits per heavy atom. The van der Waals surface area contributed by atoms with Gasteiger partial charge in [0.1, 0.15) is 11.3 Å². The molecule has 0 aliphatic heterocycles. The van der Waals surface area contributed by atoms with Gasteiger partial charge in [0.15, 0.2) is 0 Å². The van der Waals surface area contributed by atoms with Gasteiger partial charge in [-0.25, -0.2) is 4.98 Å². The minimum Gasteiger partial charge on any atom is -0.383 e. The number of nitrogens with zero attached hydrogens (tertiary/aromatic N) is 4. The van der Waals surface area contributed by atoms with Gasteiger partial charge in [0.25, 0.3) is 0 Å². The summed E-state index contributed by atoms with van der Waals surface area (Å²) < 4.78 is 10.6. The van der Waals surface area contributed by atoms with Gasteiger partial charge in [0, 0.05) is 48.7 Å². The SMILES string of the molecule is COCCN(CCOC)c1nc2cc(-c3ccc(Cl)cc3)nnc2c2ccccc12. The van der Waals surface area contributed by atoms with E-state index in [2.05, 4.69) is 27.2 Å². The molecule has 154 valence electrons. The number of pyridine rings is 1. The lowest BCUT2D eigenvalue weighted by Gasteiger charge is -2.25. The number of rotatable bonds is 8. The zero-order valence-corrected chi connectivity index (χ0v) is 17.8. The molecular weight excluding hydrogens is 400 g/mol. The summed E-state index contributed by atoms with van der Waals surface area (Å²) in [7, 11) is 3.41. The lowest BCUT2D eigenvalue weighted by atomic mass is 10.1. The second-order valence-electron chi connectivity index (χ2n) is 6.92. The molecule has 0 amide bonds. The molecule has 0 aliphatic rings. The minimum absolute atomic E-state index is 0.600. The lowest BCUT2D eigenvalue weighted by Crippen LogP contribution is -2.31. The molecule has 2 aromatic heterocycles. The first-order chi connectivity index (χ1) is 14.7. The van der Waals surface area contributed by atoms with Gasteiger partial charge in [-0.1, -0.05) is 48.0 Å². The van der Waals surface area contributed by atoms with Crippen LogP contribution >= 0.6 is 11.6 Å². The van der Waals surface area contributed by atoms with Crippen LogP contribution in [0.15, 0.2) is 54.6 Å². The third-order valence-electron chi connectivity index (χ3n) is 4.99. The van der Waals surface area contributed by atoms with Crippen molar-refractivity contribution in [3.05, 3.63) is 59.6 Å². The molecule has 6 nitrogen and oxygen atoms in total. The Balaban J connectivity index is 1.88. The molecule has 30 heavy (non-hydrogen) atoms. The Labute approximate surface area is 180 Å². The number of anilines is 1. The number of hydrogen-bond donors (Lipinski definition) is 0. The van der Waals surface area contributed by atoms with E-state index >= 15 is 0 Å². The molecule has 0 spiro atoms. The zero-order valence-electron chi connectivity index (χ0n) is 17.0. The second-order valence-corrected chi connectivity index (χ2v) is 7.36. The molecule has 0 atom stereocenters. The van der Waals surface area contributed by atoms with Crippen molar-refractivity contribution in [3.8, 4) is 11.3 Å². The Morgan fingerprint density at radius 3 is 2.20 bits per heavy atom. The van der Waals surface area contributed by atoms with Crippen molar-refractivity contribution < 1.29 is 9.47 Å². The topological polar surface area (TPSA) is 60.4 Å². The first-order valence-corrected chi connectivity index (χ1v) is 10.1. The first kappa shape index (κ1) is 20.5. The van der Waals surface area contributed by atoms with Crippen LogP contribution in [0, 0.1) is 0 Å². The maximum absolute atomic E-state index is 6.02. The van der Waals surface area contributed by atoms with Crippen LogP contribution in [-0.4, -0.2) is 55.7 Å². The molecular formula is C23H23ClN4O2. The van der Waals surface area contributed by atoms with Gasteiger partial charge in [-0.2, -0.15) is 0 Å². The summed E-state index contributed by atoms with van der Waals surface area (Å²) in [5.74, 6) is 0.891. The van der Waals surface area contributed by atoms with E-state index in [0.29, 0.717) is 31.3 Å². The average Bonchev–Trinajstić information content (AvgIpc) is 2.79. The van der Waals surface area contributed by atoms with E-state index in [-0.39, 0.29) is 0 Å². The van der Waals surface area contributed by atoms with E-state index in [1.54, 1.807) is 14.2 Å². The average molecular weight is 423 g/mol. The van der Waals surface area contributed by atoms with E-state index in [0.717, 1.165) is 38.9 Å². The highest BCUT2D eigenvalue weighted by Gasteiger charge is 2.16. The molecule has 0 aliphatic carbocycles. The van der Waals surface area contributed by atoms with Gasteiger partial charge in [-0.05, 0) is 18.2 Å². The van der Waals surface area contributed by atoms with Crippen LogP contribution < -0.4 is 4.90 Å². The number of ether oxygens (including phenoxy) is 2. The van der Waals surface area contributed by atoms with Crippen molar-refractivity contribution in [2.24, 2.45) is 0 Å². The smallest absolute Gasteiger partial charge is 0.137 e. The predicted molar refractivity (Wildman–Crippen MR) is 121 cm³/mol. The number of halogens is 1. The van der Waals surface area contributed by atoms with Crippen LogP contribution in [0.25, 0.3) is 33.1 Å². The molecule has 0 bridgehead atoms. The number of aromatic nitrogens is 3. The highest BCUT2D eigenvalue weighted by Crippen LogP contribution is 2.31. The Morgan fingerprint density at radius 2 is 1.53 bits per heavy atom. The first-order valence-electron chi connectivity index (χ1n) is 9.76. The summed E-state index contributed by atoms with van der Waals surface area (Å²) in [5, 5.41) is 11.7. The number of methoxy groups -OCH3 is 2. The fourth-order valence-electron chi connectivity index (χ4n) is 3.45. The van der Waals surface area contributed by atoms with E-state index < -0.39 is 0 Å². The van der Waals surface area contributed by atoms with Crippen LogP contribution in [0.2, 0.25) is 5.02 Å². The maximum Gasteiger partial charge on any atom is 0.137 e. The molecule has 2 aromatic carbocycles. The van der Waals surface area contributed by atoms with Crippen molar-refractivity contribution in [1.82, 2.24) is 15.2 Å². The predicted octanol–water partition coefficient (Wildman–Crippen LogP) is 4.60. The number of fused-ring (bicyclic) bond motifs is 3. The van der Waals surface area contributed by atoms with Crippen molar-refractivity contribution >= 4 is 39.2 Å².